The summed E-state index contributed by atoms with van der Waals surface area (Å²) in [5, 5.41) is 2.75. The molecule has 0 saturated heterocycles. The molecule has 2 aromatic carbocycles. The van der Waals surface area contributed by atoms with Crippen LogP contribution >= 0.6 is 0 Å². The Kier molecular flexibility index (Phi) is 4.62. The zero-order chi connectivity index (χ0) is 17.1. The van der Waals surface area contributed by atoms with Crippen LogP contribution in [0.15, 0.2) is 48.5 Å². The van der Waals surface area contributed by atoms with E-state index in [1.54, 1.807) is 18.2 Å². The van der Waals surface area contributed by atoms with Crippen LogP contribution in [-0.2, 0) is 11.2 Å². The number of fused-ring (bicyclic) bond motifs is 1. The van der Waals surface area contributed by atoms with E-state index >= 15 is 0 Å². The maximum Gasteiger partial charge on any atom is 0.262 e. The monoisotopic (exact) mass is 325 g/mol. The van der Waals surface area contributed by atoms with Crippen LogP contribution in [0.25, 0.3) is 0 Å². The number of hydrogen-bond acceptors (Lipinski definition) is 3. The van der Waals surface area contributed by atoms with Crippen molar-refractivity contribution in [3.05, 3.63) is 59.7 Å². The molecule has 0 saturated carbocycles. The second kappa shape index (κ2) is 6.84. The highest BCUT2D eigenvalue weighted by Gasteiger charge is 2.27. The maximum absolute atomic E-state index is 13.0. The van der Waals surface area contributed by atoms with E-state index in [2.05, 4.69) is 5.32 Å². The highest BCUT2D eigenvalue weighted by molar-refractivity contribution is 6.02. The summed E-state index contributed by atoms with van der Waals surface area (Å²) < 4.78 is 5.35. The summed E-state index contributed by atoms with van der Waals surface area (Å²) in [5.74, 6) is 0.454. The van der Waals surface area contributed by atoms with Gasteiger partial charge in [-0.3, -0.25) is 9.59 Å². The number of ketones is 1. The molecular weight excluding hydrogens is 304 g/mol. The molecule has 24 heavy (non-hydrogen) atoms. The van der Waals surface area contributed by atoms with Crippen molar-refractivity contribution in [2.24, 2.45) is 0 Å². The molecule has 5 heteroatoms. The van der Waals surface area contributed by atoms with Crippen LogP contribution in [0, 0.1) is 0 Å². The number of carbonyl (C=O) groups excluding carboxylic acids is 2. The first-order valence-electron chi connectivity index (χ1n) is 7.99. The van der Waals surface area contributed by atoms with Gasteiger partial charge >= 0.3 is 0 Å². The second-order valence-electron chi connectivity index (χ2n) is 6.23. The van der Waals surface area contributed by atoms with E-state index in [0.29, 0.717) is 23.4 Å². The van der Waals surface area contributed by atoms with Gasteiger partial charge < -0.3 is 15.0 Å². The Bertz CT molecular complexity index is 756. The summed E-state index contributed by atoms with van der Waals surface area (Å²) in [6.07, 6.45) is 0.669. The number of anilines is 1. The molecule has 1 amide bonds. The van der Waals surface area contributed by atoms with Gasteiger partial charge in [-0.05, 0) is 23.8 Å². The largest absolute Gasteiger partial charge is 0.482 e. The van der Waals surface area contributed by atoms with Crippen molar-refractivity contribution in [2.45, 2.75) is 12.5 Å². The first kappa shape index (κ1) is 16.2. The Labute approximate surface area is 141 Å². The van der Waals surface area contributed by atoms with Gasteiger partial charge in [-0.25, -0.2) is 0 Å². The van der Waals surface area contributed by atoms with Crippen molar-refractivity contribution in [1.82, 2.24) is 0 Å². The van der Waals surface area contributed by atoms with Gasteiger partial charge in [0, 0.05) is 12.0 Å². The average molecular weight is 325 g/mol. The van der Waals surface area contributed by atoms with Gasteiger partial charge in [0.05, 0.1) is 19.8 Å². The molecule has 0 aliphatic carbocycles. The summed E-state index contributed by atoms with van der Waals surface area (Å²) in [4.78, 5) is 25.5. The number of rotatable bonds is 5. The van der Waals surface area contributed by atoms with E-state index in [4.69, 9.17) is 4.74 Å². The average Bonchev–Trinajstić information content (AvgIpc) is 2.59. The van der Waals surface area contributed by atoms with Gasteiger partial charge in [-0.15, -0.1) is 0 Å². The summed E-state index contributed by atoms with van der Waals surface area (Å²) in [5.41, 5.74) is 2.28. The number of benzene rings is 2. The Morgan fingerprint density at radius 2 is 1.96 bits per heavy atom. The fraction of sp³-hybridized carbons (Fsp3) is 0.263. The van der Waals surface area contributed by atoms with Crippen molar-refractivity contribution < 1.29 is 19.2 Å². The SMILES string of the molecule is C[NH+](C)[C@H](Cc1ccccc1)C(=O)c1ccc2c(c1)NC(=O)CO2. The molecule has 0 aromatic heterocycles. The van der Waals surface area contributed by atoms with Crippen molar-refractivity contribution in [2.75, 3.05) is 26.0 Å². The number of hydrogen-bond donors (Lipinski definition) is 2. The van der Waals surface area contributed by atoms with E-state index < -0.39 is 0 Å². The van der Waals surface area contributed by atoms with Crippen molar-refractivity contribution in [3.8, 4) is 5.75 Å². The number of Topliss-reactive ketones (excluding diaryl/α,β-unsaturated/α-hetero) is 1. The van der Waals surface area contributed by atoms with E-state index in [0.717, 1.165) is 10.5 Å². The van der Waals surface area contributed by atoms with Crippen LogP contribution in [0.4, 0.5) is 5.69 Å². The fourth-order valence-electron chi connectivity index (χ4n) is 2.85. The number of likely N-dealkylation sites (N-methyl/N-ethyl adjacent to an activating group) is 1. The zero-order valence-corrected chi connectivity index (χ0v) is 13.8. The minimum Gasteiger partial charge on any atom is -0.482 e. The highest BCUT2D eigenvalue weighted by atomic mass is 16.5. The molecule has 2 N–H and O–H groups in total. The molecule has 0 bridgehead atoms. The molecule has 1 heterocycles. The zero-order valence-electron chi connectivity index (χ0n) is 13.8. The second-order valence-corrected chi connectivity index (χ2v) is 6.23. The number of carbonyl (C=O) groups is 2. The van der Waals surface area contributed by atoms with Gasteiger partial charge in [0.25, 0.3) is 5.91 Å². The smallest absolute Gasteiger partial charge is 0.262 e. The molecule has 0 fully saturated rings. The van der Waals surface area contributed by atoms with Gasteiger partial charge in [0.1, 0.15) is 5.75 Å². The lowest BCUT2D eigenvalue weighted by Gasteiger charge is -2.22. The lowest BCUT2D eigenvalue weighted by Crippen LogP contribution is -3.11. The first-order chi connectivity index (χ1) is 11.5. The van der Waals surface area contributed by atoms with Gasteiger partial charge in [-0.2, -0.15) is 0 Å². The topological polar surface area (TPSA) is 59.8 Å². The van der Waals surface area contributed by atoms with Crippen molar-refractivity contribution in [3.63, 3.8) is 0 Å². The molecule has 1 atom stereocenters. The van der Waals surface area contributed by atoms with Crippen LogP contribution < -0.4 is 15.0 Å². The Balaban J connectivity index is 1.85. The lowest BCUT2D eigenvalue weighted by atomic mass is 9.96. The minimum absolute atomic E-state index is 0.0127. The molecule has 124 valence electrons. The van der Waals surface area contributed by atoms with Crippen molar-refractivity contribution in [1.29, 1.82) is 0 Å². The summed E-state index contributed by atoms with van der Waals surface area (Å²) in [7, 11) is 3.96. The lowest BCUT2D eigenvalue weighted by molar-refractivity contribution is -0.874. The summed E-state index contributed by atoms with van der Waals surface area (Å²) in [6, 6.07) is 15.0. The standard InChI is InChI=1S/C19H20N2O3/c1-21(2)16(10-13-6-4-3-5-7-13)19(23)14-8-9-17-15(11-14)20-18(22)12-24-17/h3-9,11,16H,10,12H2,1-2H3,(H,20,22)/p+1/t16-/m1/s1. The molecule has 0 radical (unpaired) electrons. The number of ether oxygens (including phenoxy) is 1. The Morgan fingerprint density at radius 3 is 2.67 bits per heavy atom. The van der Waals surface area contributed by atoms with Crippen molar-refractivity contribution >= 4 is 17.4 Å². The molecule has 0 unspecified atom stereocenters. The molecule has 3 rings (SSSR count). The quantitative estimate of drug-likeness (QED) is 0.805. The molecular formula is C19H21N2O3+. The predicted molar refractivity (Wildman–Crippen MR) is 91.6 cm³/mol. The maximum atomic E-state index is 13.0. The van der Waals surface area contributed by atoms with E-state index in [1.165, 1.54) is 0 Å². The predicted octanol–water partition coefficient (Wildman–Crippen LogP) is 0.956. The molecule has 0 spiro atoms. The fourth-order valence-corrected chi connectivity index (χ4v) is 2.85. The summed E-state index contributed by atoms with van der Waals surface area (Å²) in [6.45, 7) is 0.0127. The van der Waals surface area contributed by atoms with Gasteiger partial charge in [-0.1, -0.05) is 30.3 Å². The van der Waals surface area contributed by atoms with Gasteiger partial charge in [0.2, 0.25) is 5.78 Å². The first-order valence-corrected chi connectivity index (χ1v) is 7.99. The van der Waals surface area contributed by atoms with Crippen LogP contribution in [0.2, 0.25) is 0 Å². The Morgan fingerprint density at radius 1 is 1.21 bits per heavy atom. The number of nitrogens with one attached hydrogen (secondary N) is 2. The van der Waals surface area contributed by atoms with Crippen LogP contribution in [-0.4, -0.2) is 38.4 Å². The molecule has 5 nitrogen and oxygen atoms in total. The van der Waals surface area contributed by atoms with E-state index in [9.17, 15) is 9.59 Å². The van der Waals surface area contributed by atoms with Crippen LogP contribution in [0.5, 0.6) is 5.75 Å². The number of quaternary nitrogens is 1. The summed E-state index contributed by atoms with van der Waals surface area (Å²) >= 11 is 0. The van der Waals surface area contributed by atoms with E-state index in [-0.39, 0.29) is 24.3 Å². The third kappa shape index (κ3) is 3.46. The third-order valence-electron chi connectivity index (χ3n) is 4.19. The normalized spacial score (nSPS) is 14.5. The molecule has 2 aromatic rings. The number of amides is 1. The highest BCUT2D eigenvalue weighted by Crippen LogP contribution is 2.28. The third-order valence-corrected chi connectivity index (χ3v) is 4.19. The van der Waals surface area contributed by atoms with Gasteiger partial charge in [0.15, 0.2) is 12.6 Å². The van der Waals surface area contributed by atoms with Crippen LogP contribution in [0.1, 0.15) is 15.9 Å². The molecule has 1 aliphatic rings. The minimum atomic E-state index is -0.203. The molecule has 1 aliphatic heterocycles. The van der Waals surface area contributed by atoms with E-state index in [1.807, 2.05) is 44.4 Å². The Hall–Kier alpha value is -2.66. The van der Waals surface area contributed by atoms with Crippen LogP contribution in [0.3, 0.4) is 0 Å².